The molecular formula is C15H20F3NO2. The molecule has 3 nitrogen and oxygen atoms in total. The Morgan fingerprint density at radius 1 is 1.29 bits per heavy atom. The van der Waals surface area contributed by atoms with Gasteiger partial charge in [-0.15, -0.1) is 13.2 Å². The van der Waals surface area contributed by atoms with Crippen LogP contribution in [-0.4, -0.2) is 32.2 Å². The first-order chi connectivity index (χ1) is 9.98. The number of rotatable bonds is 5. The molecule has 2 rings (SSSR count). The lowest BCUT2D eigenvalue weighted by atomic mass is 9.96. The van der Waals surface area contributed by atoms with Gasteiger partial charge >= 0.3 is 6.36 Å². The normalized spacial score (nSPS) is 21.0. The predicted molar refractivity (Wildman–Crippen MR) is 73.3 cm³/mol. The smallest absolute Gasteiger partial charge is 0.406 e. The standard InChI is InChI=1S/C15H20F3NO2/c1-19-13(14-4-2-3-9-20-14)10-11-5-7-12(8-6-11)21-15(16,17)18/h5-8,13-14,19H,2-4,9-10H2,1H3. The van der Waals surface area contributed by atoms with E-state index in [1.165, 1.54) is 12.1 Å². The van der Waals surface area contributed by atoms with Crippen LogP contribution in [0.15, 0.2) is 24.3 Å². The predicted octanol–water partition coefficient (Wildman–Crippen LogP) is 3.28. The van der Waals surface area contributed by atoms with Crippen LogP contribution in [0.4, 0.5) is 13.2 Å². The fraction of sp³-hybridized carbons (Fsp3) is 0.600. The van der Waals surface area contributed by atoms with Crippen molar-refractivity contribution in [1.29, 1.82) is 0 Å². The molecule has 0 spiro atoms. The molecule has 1 N–H and O–H groups in total. The highest BCUT2D eigenvalue weighted by molar-refractivity contribution is 5.28. The summed E-state index contributed by atoms with van der Waals surface area (Å²) in [7, 11) is 1.88. The summed E-state index contributed by atoms with van der Waals surface area (Å²) >= 11 is 0. The van der Waals surface area contributed by atoms with E-state index in [-0.39, 0.29) is 17.9 Å². The van der Waals surface area contributed by atoms with E-state index in [2.05, 4.69) is 10.1 Å². The summed E-state index contributed by atoms with van der Waals surface area (Å²) in [5.41, 5.74) is 0.957. The van der Waals surface area contributed by atoms with E-state index in [9.17, 15) is 13.2 Å². The van der Waals surface area contributed by atoms with Gasteiger partial charge in [0.15, 0.2) is 0 Å². The van der Waals surface area contributed by atoms with Crippen molar-refractivity contribution < 1.29 is 22.6 Å². The van der Waals surface area contributed by atoms with Crippen LogP contribution in [0, 0.1) is 0 Å². The molecule has 1 saturated heterocycles. The maximum Gasteiger partial charge on any atom is 0.573 e. The minimum absolute atomic E-state index is 0.162. The molecule has 1 heterocycles. The average Bonchev–Trinajstić information content (AvgIpc) is 2.46. The summed E-state index contributed by atoms with van der Waals surface area (Å²) in [4.78, 5) is 0. The maximum absolute atomic E-state index is 12.1. The van der Waals surface area contributed by atoms with E-state index in [1.54, 1.807) is 12.1 Å². The Morgan fingerprint density at radius 2 is 2.00 bits per heavy atom. The number of nitrogens with one attached hydrogen (secondary N) is 1. The van der Waals surface area contributed by atoms with Gasteiger partial charge in [0, 0.05) is 12.6 Å². The second-order valence-electron chi connectivity index (χ2n) is 5.20. The number of benzene rings is 1. The number of alkyl halides is 3. The Morgan fingerprint density at radius 3 is 2.52 bits per heavy atom. The van der Waals surface area contributed by atoms with Gasteiger partial charge in [0.1, 0.15) is 5.75 Å². The summed E-state index contributed by atoms with van der Waals surface area (Å²) in [5, 5.41) is 3.24. The van der Waals surface area contributed by atoms with Gasteiger partial charge in [0.05, 0.1) is 6.10 Å². The van der Waals surface area contributed by atoms with Gasteiger partial charge in [-0.3, -0.25) is 0 Å². The molecule has 0 aromatic heterocycles. The van der Waals surface area contributed by atoms with Crippen LogP contribution in [0.2, 0.25) is 0 Å². The highest BCUT2D eigenvalue weighted by Gasteiger charge is 2.31. The van der Waals surface area contributed by atoms with Crippen molar-refractivity contribution in [2.45, 2.75) is 44.2 Å². The quantitative estimate of drug-likeness (QED) is 0.905. The van der Waals surface area contributed by atoms with E-state index >= 15 is 0 Å². The van der Waals surface area contributed by atoms with Gasteiger partial charge in [-0.1, -0.05) is 12.1 Å². The summed E-state index contributed by atoms with van der Waals surface area (Å²) in [6.45, 7) is 0.779. The molecule has 0 radical (unpaired) electrons. The van der Waals surface area contributed by atoms with Crippen LogP contribution in [0.5, 0.6) is 5.75 Å². The molecule has 21 heavy (non-hydrogen) atoms. The van der Waals surface area contributed by atoms with Crippen LogP contribution >= 0.6 is 0 Å². The fourth-order valence-electron chi connectivity index (χ4n) is 2.58. The Hall–Kier alpha value is -1.27. The third kappa shape index (κ3) is 5.21. The summed E-state index contributed by atoms with van der Waals surface area (Å²) < 4.78 is 45.9. The summed E-state index contributed by atoms with van der Waals surface area (Å²) in [6, 6.07) is 6.18. The monoisotopic (exact) mass is 303 g/mol. The molecule has 0 amide bonds. The molecule has 0 saturated carbocycles. The van der Waals surface area contributed by atoms with Crippen LogP contribution in [0.1, 0.15) is 24.8 Å². The zero-order valence-electron chi connectivity index (χ0n) is 12.0. The molecule has 2 atom stereocenters. The summed E-state index contributed by atoms with van der Waals surface area (Å²) in [6.07, 6.45) is -0.508. The van der Waals surface area contributed by atoms with E-state index in [4.69, 9.17) is 4.74 Å². The largest absolute Gasteiger partial charge is 0.573 e. The van der Waals surface area contributed by atoms with E-state index in [0.29, 0.717) is 6.42 Å². The number of hydrogen-bond acceptors (Lipinski definition) is 3. The number of likely N-dealkylation sites (N-methyl/N-ethyl adjacent to an activating group) is 1. The van der Waals surface area contributed by atoms with Crippen molar-refractivity contribution in [2.75, 3.05) is 13.7 Å². The lowest BCUT2D eigenvalue weighted by molar-refractivity contribution is -0.274. The molecule has 1 aromatic carbocycles. The van der Waals surface area contributed by atoms with E-state index in [1.807, 2.05) is 7.05 Å². The zero-order valence-corrected chi connectivity index (χ0v) is 12.0. The number of halogens is 3. The first kappa shape index (κ1) is 16.1. The number of ether oxygens (including phenoxy) is 2. The van der Waals surface area contributed by atoms with Crippen molar-refractivity contribution in [2.24, 2.45) is 0 Å². The Kier molecular flexibility index (Phi) is 5.47. The van der Waals surface area contributed by atoms with Crippen molar-refractivity contribution in [3.05, 3.63) is 29.8 Å². The molecular weight excluding hydrogens is 283 g/mol. The molecule has 1 aromatic rings. The molecule has 1 aliphatic rings. The van der Waals surface area contributed by atoms with Crippen molar-refractivity contribution in [3.8, 4) is 5.75 Å². The number of hydrogen-bond donors (Lipinski definition) is 1. The topological polar surface area (TPSA) is 30.5 Å². The second-order valence-corrected chi connectivity index (χ2v) is 5.20. The zero-order chi connectivity index (χ0) is 15.3. The minimum Gasteiger partial charge on any atom is -0.406 e. The van der Waals surface area contributed by atoms with Gasteiger partial charge < -0.3 is 14.8 Å². The van der Waals surface area contributed by atoms with Crippen molar-refractivity contribution >= 4 is 0 Å². The molecule has 118 valence electrons. The molecule has 6 heteroatoms. The Balaban J connectivity index is 1.94. The first-order valence-electron chi connectivity index (χ1n) is 7.11. The Bertz CT molecular complexity index is 428. The molecule has 1 fully saturated rings. The van der Waals surface area contributed by atoms with Crippen molar-refractivity contribution in [3.63, 3.8) is 0 Å². The maximum atomic E-state index is 12.1. The van der Waals surface area contributed by atoms with Gasteiger partial charge in [-0.25, -0.2) is 0 Å². The second kappa shape index (κ2) is 7.13. The lowest BCUT2D eigenvalue weighted by Crippen LogP contribution is -2.42. The molecule has 2 unspecified atom stereocenters. The fourth-order valence-corrected chi connectivity index (χ4v) is 2.58. The highest BCUT2D eigenvalue weighted by atomic mass is 19.4. The van der Waals surface area contributed by atoms with Gasteiger partial charge in [-0.2, -0.15) is 0 Å². The van der Waals surface area contributed by atoms with Gasteiger partial charge in [-0.05, 0) is 50.4 Å². The van der Waals surface area contributed by atoms with Crippen molar-refractivity contribution in [1.82, 2.24) is 5.32 Å². The lowest BCUT2D eigenvalue weighted by Gasteiger charge is -2.30. The molecule has 0 bridgehead atoms. The SMILES string of the molecule is CNC(Cc1ccc(OC(F)(F)F)cc1)C1CCCCO1. The van der Waals surface area contributed by atoms with Crippen LogP contribution in [-0.2, 0) is 11.2 Å². The first-order valence-corrected chi connectivity index (χ1v) is 7.11. The minimum atomic E-state index is -4.65. The third-order valence-electron chi connectivity index (χ3n) is 3.65. The van der Waals surface area contributed by atoms with E-state index in [0.717, 1.165) is 31.4 Å². The van der Waals surface area contributed by atoms with E-state index < -0.39 is 6.36 Å². The van der Waals surface area contributed by atoms with Gasteiger partial charge in [0.2, 0.25) is 0 Å². The van der Waals surface area contributed by atoms with Crippen LogP contribution in [0.25, 0.3) is 0 Å². The van der Waals surface area contributed by atoms with Crippen LogP contribution < -0.4 is 10.1 Å². The Labute approximate surface area is 122 Å². The summed E-state index contributed by atoms with van der Waals surface area (Å²) in [5.74, 6) is -0.193. The van der Waals surface area contributed by atoms with Gasteiger partial charge in [0.25, 0.3) is 0 Å². The third-order valence-corrected chi connectivity index (χ3v) is 3.65. The molecule has 0 aliphatic carbocycles. The average molecular weight is 303 g/mol. The van der Waals surface area contributed by atoms with Crippen LogP contribution in [0.3, 0.4) is 0 Å². The molecule has 1 aliphatic heterocycles. The highest BCUT2D eigenvalue weighted by Crippen LogP contribution is 2.24.